The molecule has 2 aliphatic rings. The fourth-order valence-corrected chi connectivity index (χ4v) is 3.82. The predicted octanol–water partition coefficient (Wildman–Crippen LogP) is 2.48. The zero-order valence-electron chi connectivity index (χ0n) is 14.7. The summed E-state index contributed by atoms with van der Waals surface area (Å²) < 4.78 is 0. The Hall–Kier alpha value is -1.99. The van der Waals surface area contributed by atoms with Crippen molar-refractivity contribution in [2.75, 3.05) is 31.5 Å². The first-order valence-corrected chi connectivity index (χ1v) is 9.08. The zero-order valence-corrected chi connectivity index (χ0v) is 14.7. The highest BCUT2D eigenvalue weighted by atomic mass is 16.6. The van der Waals surface area contributed by atoms with Crippen LogP contribution in [0.3, 0.4) is 0 Å². The van der Waals surface area contributed by atoms with Gasteiger partial charge in [-0.05, 0) is 64.4 Å². The number of nitrogens with one attached hydrogen (secondary N) is 1. The zero-order chi connectivity index (χ0) is 17.8. The summed E-state index contributed by atoms with van der Waals surface area (Å²) in [6.07, 6.45) is 4.91. The van der Waals surface area contributed by atoms with Crippen molar-refractivity contribution in [2.24, 2.45) is 0 Å². The van der Waals surface area contributed by atoms with E-state index in [4.69, 9.17) is 0 Å². The molecule has 0 spiro atoms. The van der Waals surface area contributed by atoms with E-state index in [1.807, 2.05) is 6.92 Å². The van der Waals surface area contributed by atoms with Crippen molar-refractivity contribution in [3.05, 3.63) is 34.4 Å². The molecule has 1 N–H and O–H groups in total. The van der Waals surface area contributed by atoms with Crippen LogP contribution in [0.1, 0.15) is 32.6 Å². The number of anilines is 1. The van der Waals surface area contributed by atoms with E-state index in [2.05, 4.69) is 15.1 Å². The number of nitrogens with zero attached hydrogens (tertiary/aromatic N) is 3. The molecule has 0 radical (unpaired) electrons. The Kier molecular flexibility index (Phi) is 5.65. The van der Waals surface area contributed by atoms with Crippen molar-refractivity contribution in [3.63, 3.8) is 0 Å². The minimum Gasteiger partial charge on any atom is -0.325 e. The predicted molar refractivity (Wildman–Crippen MR) is 96.6 cm³/mol. The van der Waals surface area contributed by atoms with E-state index in [9.17, 15) is 14.9 Å². The van der Waals surface area contributed by atoms with Crippen LogP contribution in [0.25, 0.3) is 0 Å². The summed E-state index contributed by atoms with van der Waals surface area (Å²) in [6, 6.07) is 6.32. The van der Waals surface area contributed by atoms with Crippen molar-refractivity contribution in [2.45, 2.75) is 44.7 Å². The average Bonchev–Trinajstić information content (AvgIpc) is 3.16. The number of non-ortho nitro benzene ring substituents is 1. The Labute approximate surface area is 148 Å². The van der Waals surface area contributed by atoms with Crippen molar-refractivity contribution >= 4 is 17.3 Å². The molecule has 7 nitrogen and oxygen atoms in total. The molecule has 136 valence electrons. The Morgan fingerprint density at radius 1 is 1.20 bits per heavy atom. The van der Waals surface area contributed by atoms with Crippen LogP contribution in [-0.4, -0.2) is 58.9 Å². The number of carbonyl (C=O) groups is 1. The van der Waals surface area contributed by atoms with Crippen LogP contribution < -0.4 is 5.32 Å². The van der Waals surface area contributed by atoms with Gasteiger partial charge in [-0.25, -0.2) is 0 Å². The van der Waals surface area contributed by atoms with Crippen LogP contribution in [0.15, 0.2) is 24.3 Å². The monoisotopic (exact) mass is 346 g/mol. The summed E-state index contributed by atoms with van der Waals surface area (Å²) in [6.45, 7) is 6.19. The third-order valence-corrected chi connectivity index (χ3v) is 5.36. The number of likely N-dealkylation sites (tertiary alicyclic amines) is 2. The number of rotatable bonds is 5. The molecule has 2 aliphatic heterocycles. The minimum absolute atomic E-state index is 0.0236. The summed E-state index contributed by atoms with van der Waals surface area (Å²) in [7, 11) is 0. The lowest BCUT2D eigenvalue weighted by Crippen LogP contribution is -2.52. The first-order valence-electron chi connectivity index (χ1n) is 9.08. The minimum atomic E-state index is -0.444. The number of nitro groups is 1. The summed E-state index contributed by atoms with van der Waals surface area (Å²) in [5.41, 5.74) is 0.617. The van der Waals surface area contributed by atoms with Gasteiger partial charge in [0.2, 0.25) is 5.91 Å². The third kappa shape index (κ3) is 4.35. The number of piperidine rings is 1. The van der Waals surface area contributed by atoms with Crippen LogP contribution in [0.5, 0.6) is 0 Å². The van der Waals surface area contributed by atoms with Crippen LogP contribution >= 0.6 is 0 Å². The maximum atomic E-state index is 12.6. The Morgan fingerprint density at radius 2 is 1.88 bits per heavy atom. The number of nitro benzene ring substituents is 1. The van der Waals surface area contributed by atoms with E-state index in [0.29, 0.717) is 11.7 Å². The van der Waals surface area contributed by atoms with Gasteiger partial charge in [-0.3, -0.25) is 24.7 Å². The van der Waals surface area contributed by atoms with E-state index in [1.165, 1.54) is 44.5 Å². The maximum absolute atomic E-state index is 12.6. The number of hydrogen-bond donors (Lipinski definition) is 1. The quantitative estimate of drug-likeness (QED) is 0.654. The van der Waals surface area contributed by atoms with Crippen LogP contribution in [0, 0.1) is 10.1 Å². The lowest BCUT2D eigenvalue weighted by atomic mass is 10.0. The van der Waals surface area contributed by atoms with Gasteiger partial charge in [0.25, 0.3) is 5.69 Å². The number of amides is 1. The molecule has 0 bridgehead atoms. The summed E-state index contributed by atoms with van der Waals surface area (Å²) >= 11 is 0. The first kappa shape index (κ1) is 17.8. The summed E-state index contributed by atoms with van der Waals surface area (Å²) in [5.74, 6) is -0.0593. The van der Waals surface area contributed by atoms with Gasteiger partial charge in [-0.2, -0.15) is 0 Å². The van der Waals surface area contributed by atoms with Gasteiger partial charge >= 0.3 is 0 Å². The van der Waals surface area contributed by atoms with Gasteiger partial charge in [-0.1, -0.05) is 0 Å². The topological polar surface area (TPSA) is 78.7 Å². The molecule has 2 saturated heterocycles. The Morgan fingerprint density at radius 3 is 2.52 bits per heavy atom. The molecule has 2 unspecified atom stereocenters. The molecule has 2 heterocycles. The molecule has 0 aromatic heterocycles. The summed E-state index contributed by atoms with van der Waals surface area (Å²) in [4.78, 5) is 27.6. The lowest BCUT2D eigenvalue weighted by Gasteiger charge is -2.39. The van der Waals surface area contributed by atoms with Crippen molar-refractivity contribution in [3.8, 4) is 0 Å². The molecular formula is C18H26N4O3. The van der Waals surface area contributed by atoms with E-state index >= 15 is 0 Å². The van der Waals surface area contributed by atoms with E-state index in [1.54, 1.807) is 12.1 Å². The third-order valence-electron chi connectivity index (χ3n) is 5.36. The standard InChI is InChI=1S/C18H26N4O3/c1-14(18(23)19-15-6-8-16(9-7-15)22(24)25)21-12-4-5-17(13-21)20-10-2-3-11-20/h6-9,14,17H,2-5,10-13H2,1H3,(H,19,23). The molecule has 2 fully saturated rings. The van der Waals surface area contributed by atoms with Crippen LogP contribution in [-0.2, 0) is 4.79 Å². The fraction of sp³-hybridized carbons (Fsp3) is 0.611. The van der Waals surface area contributed by atoms with E-state index in [-0.39, 0.29) is 17.6 Å². The maximum Gasteiger partial charge on any atom is 0.269 e. The molecular weight excluding hydrogens is 320 g/mol. The van der Waals surface area contributed by atoms with E-state index < -0.39 is 4.92 Å². The Bertz CT molecular complexity index is 613. The molecule has 0 aliphatic carbocycles. The van der Waals surface area contributed by atoms with Crippen molar-refractivity contribution < 1.29 is 9.72 Å². The smallest absolute Gasteiger partial charge is 0.269 e. The summed E-state index contributed by atoms with van der Waals surface area (Å²) in [5, 5.41) is 13.6. The normalized spacial score (nSPS) is 23.3. The fourth-order valence-electron chi connectivity index (χ4n) is 3.82. The molecule has 1 amide bonds. The molecule has 2 atom stereocenters. The van der Waals surface area contributed by atoms with Gasteiger partial charge < -0.3 is 5.32 Å². The van der Waals surface area contributed by atoms with Gasteiger partial charge in [0, 0.05) is 30.4 Å². The van der Waals surface area contributed by atoms with Crippen LogP contribution in [0.4, 0.5) is 11.4 Å². The highest BCUT2D eigenvalue weighted by molar-refractivity contribution is 5.94. The average molecular weight is 346 g/mol. The van der Waals surface area contributed by atoms with Gasteiger partial charge in [0.05, 0.1) is 11.0 Å². The second-order valence-electron chi connectivity index (χ2n) is 7.00. The molecule has 7 heteroatoms. The highest BCUT2D eigenvalue weighted by Gasteiger charge is 2.31. The first-order chi connectivity index (χ1) is 12.0. The highest BCUT2D eigenvalue weighted by Crippen LogP contribution is 2.22. The van der Waals surface area contributed by atoms with Crippen molar-refractivity contribution in [1.29, 1.82) is 0 Å². The SMILES string of the molecule is CC(C(=O)Nc1ccc([N+](=O)[O-])cc1)N1CCCC(N2CCCC2)C1. The molecule has 3 rings (SSSR count). The molecule has 1 aromatic carbocycles. The van der Waals surface area contributed by atoms with Gasteiger partial charge in [0.1, 0.15) is 0 Å². The second kappa shape index (κ2) is 7.93. The van der Waals surface area contributed by atoms with Crippen molar-refractivity contribution in [1.82, 2.24) is 9.80 Å². The number of benzene rings is 1. The molecule has 1 aromatic rings. The molecule has 0 saturated carbocycles. The second-order valence-corrected chi connectivity index (χ2v) is 7.00. The van der Waals surface area contributed by atoms with Gasteiger partial charge in [0.15, 0.2) is 0 Å². The Balaban J connectivity index is 1.56. The number of carbonyl (C=O) groups excluding carboxylic acids is 1. The molecule has 25 heavy (non-hydrogen) atoms. The van der Waals surface area contributed by atoms with Crippen LogP contribution in [0.2, 0.25) is 0 Å². The van der Waals surface area contributed by atoms with E-state index in [0.717, 1.165) is 19.5 Å². The lowest BCUT2D eigenvalue weighted by molar-refractivity contribution is -0.384. The number of hydrogen-bond acceptors (Lipinski definition) is 5. The van der Waals surface area contributed by atoms with Gasteiger partial charge in [-0.15, -0.1) is 0 Å². The largest absolute Gasteiger partial charge is 0.325 e.